The summed E-state index contributed by atoms with van der Waals surface area (Å²) in [7, 11) is 1.24. The average Bonchev–Trinajstić information content (AvgIpc) is 3.65. The molecular formula is C35H44O14. The minimum absolute atomic E-state index is 0.0858. The average molecular weight is 689 g/mol. The van der Waals surface area contributed by atoms with Gasteiger partial charge in [-0.15, -0.1) is 0 Å². The van der Waals surface area contributed by atoms with Gasteiger partial charge in [0.05, 0.1) is 38.1 Å². The van der Waals surface area contributed by atoms with Crippen LogP contribution in [0.3, 0.4) is 0 Å². The molecule has 1 aromatic rings. The van der Waals surface area contributed by atoms with Crippen molar-refractivity contribution in [3.8, 4) is 0 Å². The summed E-state index contributed by atoms with van der Waals surface area (Å²) in [6.45, 7) is 10.2. The van der Waals surface area contributed by atoms with E-state index in [0.717, 1.165) is 0 Å². The normalized spacial score (nSPS) is 44.5. The second-order valence-electron chi connectivity index (χ2n) is 15.2. The van der Waals surface area contributed by atoms with Crippen LogP contribution in [0, 0.1) is 39.9 Å². The van der Waals surface area contributed by atoms with Crippen LogP contribution in [0.1, 0.15) is 85.8 Å². The van der Waals surface area contributed by atoms with Crippen LogP contribution in [0.2, 0.25) is 0 Å². The van der Waals surface area contributed by atoms with E-state index in [1.807, 2.05) is 13.8 Å². The van der Waals surface area contributed by atoms with Crippen LogP contribution in [0.4, 0.5) is 0 Å². The van der Waals surface area contributed by atoms with Crippen LogP contribution in [0.25, 0.3) is 0 Å². The Balaban J connectivity index is 1.72. The Morgan fingerprint density at radius 1 is 0.918 bits per heavy atom. The number of aliphatic hydroxyl groups excluding tert-OH is 1. The summed E-state index contributed by atoms with van der Waals surface area (Å²) in [5, 5.41) is 12.4. The van der Waals surface area contributed by atoms with Gasteiger partial charge in [0.25, 0.3) is 0 Å². The molecule has 0 radical (unpaired) electrons. The second kappa shape index (κ2) is 11.3. The molecule has 1 aromatic heterocycles. The minimum atomic E-state index is -1.89. The van der Waals surface area contributed by atoms with Gasteiger partial charge in [-0.3, -0.25) is 28.8 Å². The van der Waals surface area contributed by atoms with E-state index in [1.54, 1.807) is 13.0 Å². The van der Waals surface area contributed by atoms with Crippen molar-refractivity contribution in [2.75, 3.05) is 7.11 Å². The molecule has 1 N–H and O–H groups in total. The predicted molar refractivity (Wildman–Crippen MR) is 162 cm³/mol. The van der Waals surface area contributed by atoms with E-state index in [-0.39, 0.29) is 25.7 Å². The van der Waals surface area contributed by atoms with Gasteiger partial charge >= 0.3 is 35.8 Å². The topological polar surface area (TPSA) is 191 Å². The highest BCUT2D eigenvalue weighted by Crippen LogP contribution is 2.83. The Labute approximate surface area is 283 Å². The van der Waals surface area contributed by atoms with E-state index in [2.05, 4.69) is 0 Å². The fourth-order valence-corrected chi connectivity index (χ4v) is 11.7. The molecule has 0 amide bonds. The predicted octanol–water partition coefficient (Wildman–Crippen LogP) is 2.98. The van der Waals surface area contributed by atoms with Crippen molar-refractivity contribution in [1.29, 1.82) is 0 Å². The minimum Gasteiger partial charge on any atom is -0.472 e. The number of methoxy groups -OCH3 is 1. The van der Waals surface area contributed by atoms with Crippen LogP contribution in [0.15, 0.2) is 23.0 Å². The Hall–Kier alpha value is -3.94. The number of esters is 6. The molecule has 2 heterocycles. The number of carbonyl (C=O) groups is 6. The molecule has 5 fully saturated rings. The number of furan rings is 1. The van der Waals surface area contributed by atoms with Gasteiger partial charge in [0.1, 0.15) is 17.8 Å². The Morgan fingerprint density at radius 3 is 2.10 bits per heavy atom. The molecule has 1 aliphatic heterocycles. The number of ether oxygens (including phenoxy) is 6. The maximum absolute atomic E-state index is 13.6. The lowest BCUT2D eigenvalue weighted by Crippen LogP contribution is -2.83. The van der Waals surface area contributed by atoms with Crippen LogP contribution in [-0.2, 0) is 57.2 Å². The highest BCUT2D eigenvalue weighted by molar-refractivity contribution is 5.74. The van der Waals surface area contributed by atoms with Crippen molar-refractivity contribution in [2.24, 2.45) is 39.9 Å². The Kier molecular flexibility index (Phi) is 8.04. The monoisotopic (exact) mass is 688 g/mol. The van der Waals surface area contributed by atoms with E-state index in [0.29, 0.717) is 5.56 Å². The van der Waals surface area contributed by atoms with Gasteiger partial charge in [0.15, 0.2) is 11.7 Å². The molecule has 0 aromatic carbocycles. The summed E-state index contributed by atoms with van der Waals surface area (Å²) in [5.41, 5.74) is -6.74. The van der Waals surface area contributed by atoms with Gasteiger partial charge < -0.3 is 37.9 Å². The van der Waals surface area contributed by atoms with Crippen molar-refractivity contribution in [2.45, 2.75) is 110 Å². The molecule has 49 heavy (non-hydrogen) atoms. The van der Waals surface area contributed by atoms with Gasteiger partial charge in [0.2, 0.25) is 0 Å². The molecule has 5 aliphatic rings. The molecule has 6 rings (SSSR count). The van der Waals surface area contributed by atoms with E-state index >= 15 is 0 Å². The molecule has 4 saturated carbocycles. The van der Waals surface area contributed by atoms with Crippen LogP contribution < -0.4 is 0 Å². The number of fused-ring (bicyclic) bond motifs is 5. The van der Waals surface area contributed by atoms with Crippen LogP contribution >= 0.6 is 0 Å². The third-order valence-electron chi connectivity index (χ3n) is 13.0. The van der Waals surface area contributed by atoms with Gasteiger partial charge in [-0.1, -0.05) is 20.8 Å². The summed E-state index contributed by atoms with van der Waals surface area (Å²) in [6.07, 6.45) is -2.66. The molecule has 268 valence electrons. The molecule has 1 saturated heterocycles. The van der Waals surface area contributed by atoms with Crippen molar-refractivity contribution >= 4 is 35.8 Å². The molecule has 13 atom stereocenters. The summed E-state index contributed by atoms with van der Waals surface area (Å²) in [5.74, 6) is -8.07. The quantitative estimate of drug-likeness (QED) is 0.325. The SMILES string of the molecule is COC(=O)C[C@H]1[C@@]2(C)C[C@]3(OC(C)=O)[C@H]([C@H]2OC(C)=O)[C@@H](OC(C)=O)[C@]2(OC(C)=O)[C@@H]4CC(=O)O[C@@H](c5ccoc5)[C@]4(C)[C@@H](O)C[C@@H]2[C@]13C. The maximum Gasteiger partial charge on any atom is 0.306 e. The molecule has 4 aliphatic carbocycles. The van der Waals surface area contributed by atoms with Crippen LogP contribution in [-0.4, -0.2) is 77.5 Å². The summed E-state index contributed by atoms with van der Waals surface area (Å²) >= 11 is 0. The highest BCUT2D eigenvalue weighted by Gasteiger charge is 2.91. The largest absolute Gasteiger partial charge is 0.472 e. The van der Waals surface area contributed by atoms with Crippen molar-refractivity contribution in [1.82, 2.24) is 0 Å². The first-order valence-corrected chi connectivity index (χ1v) is 16.5. The zero-order valence-corrected chi connectivity index (χ0v) is 28.9. The molecule has 14 heteroatoms. The summed E-state index contributed by atoms with van der Waals surface area (Å²) in [4.78, 5) is 79.5. The molecular weight excluding hydrogens is 644 g/mol. The van der Waals surface area contributed by atoms with E-state index in [9.17, 15) is 33.9 Å². The highest BCUT2D eigenvalue weighted by atomic mass is 16.6. The fraction of sp³-hybridized carbons (Fsp3) is 0.714. The fourth-order valence-electron chi connectivity index (χ4n) is 11.7. The van der Waals surface area contributed by atoms with Crippen molar-refractivity contribution < 1.29 is 66.7 Å². The number of carbonyl (C=O) groups excluding carboxylic acids is 6. The van der Waals surface area contributed by atoms with Crippen molar-refractivity contribution in [3.05, 3.63) is 24.2 Å². The smallest absolute Gasteiger partial charge is 0.306 e. The third-order valence-corrected chi connectivity index (χ3v) is 13.0. The number of rotatable bonds is 7. The second-order valence-corrected chi connectivity index (χ2v) is 15.2. The van der Waals surface area contributed by atoms with Gasteiger partial charge in [0, 0.05) is 67.8 Å². The zero-order valence-electron chi connectivity index (χ0n) is 28.9. The number of cyclic esters (lactones) is 1. The zero-order chi connectivity index (χ0) is 36.1. The lowest BCUT2D eigenvalue weighted by Gasteiger charge is -2.73. The lowest BCUT2D eigenvalue weighted by molar-refractivity contribution is -0.366. The van der Waals surface area contributed by atoms with Gasteiger partial charge in [-0.25, -0.2) is 0 Å². The van der Waals surface area contributed by atoms with E-state index < -0.39 is 111 Å². The first-order chi connectivity index (χ1) is 22.8. The first-order valence-electron chi connectivity index (χ1n) is 16.5. The summed E-state index contributed by atoms with van der Waals surface area (Å²) in [6, 6.07) is 1.61. The van der Waals surface area contributed by atoms with Crippen LogP contribution in [0.5, 0.6) is 0 Å². The number of aliphatic hydroxyl groups is 1. The Bertz CT molecular complexity index is 1590. The molecule has 0 spiro atoms. The summed E-state index contributed by atoms with van der Waals surface area (Å²) < 4.78 is 41.6. The number of hydrogen-bond acceptors (Lipinski definition) is 14. The lowest BCUT2D eigenvalue weighted by atomic mass is 9.36. The molecule has 0 unspecified atom stereocenters. The van der Waals surface area contributed by atoms with E-state index in [4.69, 9.17) is 32.8 Å². The first kappa shape index (κ1) is 34.9. The molecule has 14 nitrogen and oxygen atoms in total. The van der Waals surface area contributed by atoms with Crippen molar-refractivity contribution in [3.63, 3.8) is 0 Å². The Morgan fingerprint density at radius 2 is 1.55 bits per heavy atom. The molecule has 2 bridgehead atoms. The number of hydrogen-bond donors (Lipinski definition) is 1. The van der Waals surface area contributed by atoms with Gasteiger partial charge in [-0.2, -0.15) is 0 Å². The van der Waals surface area contributed by atoms with Gasteiger partial charge in [-0.05, 0) is 24.8 Å². The van der Waals surface area contributed by atoms with E-state index in [1.165, 1.54) is 47.3 Å². The standard InChI is InChI=1S/C35H44O14/c1-16(36)45-29-27-30(46-17(2)37)35(49-19(4)39)22-13-26(42)47-28(20-9-10-44-14-20)32(22,6)24(40)11-23(35)33(7)21(12-25(41)43-8)31(29,5)15-34(27,33)48-18(3)38/h9-10,14,21-24,27-30,40H,11-13,15H2,1-8H3/t21-,22+,23+,24-,27+,28-,29+,30+,31+,32-,33-,34-,35-/m0/s1. The maximum atomic E-state index is 13.6. The third kappa shape index (κ3) is 4.47.